The topological polar surface area (TPSA) is 111 Å². The van der Waals surface area contributed by atoms with Gasteiger partial charge in [0, 0.05) is 0 Å². The predicted octanol–water partition coefficient (Wildman–Crippen LogP) is 1.49. The first kappa shape index (κ1) is 23.2. The summed E-state index contributed by atoms with van der Waals surface area (Å²) in [6, 6.07) is -1.16. The summed E-state index contributed by atoms with van der Waals surface area (Å²) in [5.41, 5.74) is -0.734. The van der Waals surface area contributed by atoms with E-state index in [1.54, 1.807) is 34.6 Å². The molecular formula is C20H33NO9. The van der Waals surface area contributed by atoms with Gasteiger partial charge in [-0.1, -0.05) is 0 Å². The second-order valence-corrected chi connectivity index (χ2v) is 9.64. The Bertz CT molecular complexity index is 672. The van der Waals surface area contributed by atoms with Crippen LogP contribution in [0.5, 0.6) is 0 Å². The van der Waals surface area contributed by atoms with Gasteiger partial charge in [0.15, 0.2) is 17.6 Å². The van der Waals surface area contributed by atoms with E-state index in [9.17, 15) is 9.59 Å². The number of ether oxygens (including phenoxy) is 7. The van der Waals surface area contributed by atoms with Gasteiger partial charge in [-0.2, -0.15) is 0 Å². The highest BCUT2D eigenvalue weighted by Gasteiger charge is 2.61. The van der Waals surface area contributed by atoms with E-state index >= 15 is 0 Å². The zero-order valence-corrected chi connectivity index (χ0v) is 18.8. The van der Waals surface area contributed by atoms with Crippen LogP contribution in [0.3, 0.4) is 0 Å². The lowest BCUT2D eigenvalue weighted by Crippen LogP contribution is -2.54. The number of nitrogens with one attached hydrogen (secondary N) is 1. The Morgan fingerprint density at radius 1 is 1.00 bits per heavy atom. The average Bonchev–Trinajstić information content (AvgIpc) is 3.20. The second-order valence-electron chi connectivity index (χ2n) is 9.64. The fourth-order valence-corrected chi connectivity index (χ4v) is 3.94. The van der Waals surface area contributed by atoms with E-state index in [2.05, 4.69) is 5.32 Å². The van der Waals surface area contributed by atoms with E-state index in [0.29, 0.717) is 6.61 Å². The van der Waals surface area contributed by atoms with Gasteiger partial charge < -0.3 is 38.5 Å². The van der Waals surface area contributed by atoms with E-state index in [4.69, 9.17) is 33.2 Å². The number of carbonyl (C=O) groups is 2. The summed E-state index contributed by atoms with van der Waals surface area (Å²) < 4.78 is 40.1. The first-order valence-corrected chi connectivity index (χ1v) is 10.1. The lowest BCUT2D eigenvalue weighted by Gasteiger charge is -2.30. The largest absolute Gasteiger partial charge is 0.467 e. The van der Waals surface area contributed by atoms with Gasteiger partial charge in [-0.05, 0) is 48.5 Å². The molecule has 3 rings (SSSR count). The van der Waals surface area contributed by atoms with Crippen LogP contribution in [-0.2, 0) is 38.0 Å². The first-order chi connectivity index (χ1) is 13.7. The Labute approximate surface area is 176 Å². The van der Waals surface area contributed by atoms with Gasteiger partial charge in [-0.15, -0.1) is 0 Å². The SMILES string of the molecule is COC(=O)[C@@H](NC(=O)OC(C)(C)C)[C@@H]1O[C@H]([C@H]2COC(C)(C)O2)[C@@H]2OC(C)(C)O[C@@H]21. The summed E-state index contributed by atoms with van der Waals surface area (Å²) >= 11 is 0. The molecule has 1 amide bonds. The number of rotatable bonds is 4. The molecule has 3 aliphatic heterocycles. The molecule has 0 spiro atoms. The molecule has 3 fully saturated rings. The van der Waals surface area contributed by atoms with Crippen LogP contribution in [0, 0.1) is 0 Å². The van der Waals surface area contributed by atoms with E-state index in [1.807, 2.05) is 13.8 Å². The standard InChI is InChI=1S/C20H33NO9/c1-18(2,3)30-17(23)21-11(16(22)24-8)13-15-14(28-20(6,7)29-15)12(26-13)10-9-25-19(4,5)27-10/h10-15H,9H2,1-8H3,(H,21,23)/t10-,11+,12-,13+,14+,15-/m1/s1. The van der Waals surface area contributed by atoms with Crippen molar-refractivity contribution < 1.29 is 42.7 Å². The zero-order valence-electron chi connectivity index (χ0n) is 18.8. The van der Waals surface area contributed by atoms with Crippen LogP contribution in [0.4, 0.5) is 4.79 Å². The van der Waals surface area contributed by atoms with Crippen molar-refractivity contribution in [2.45, 2.75) is 102 Å². The highest BCUT2D eigenvalue weighted by atomic mass is 16.8. The third-order valence-electron chi connectivity index (χ3n) is 4.98. The van der Waals surface area contributed by atoms with Crippen molar-refractivity contribution >= 4 is 12.1 Å². The summed E-state index contributed by atoms with van der Waals surface area (Å²) in [7, 11) is 1.24. The van der Waals surface area contributed by atoms with E-state index in [0.717, 1.165) is 0 Å². The van der Waals surface area contributed by atoms with Gasteiger partial charge in [-0.25, -0.2) is 9.59 Å². The van der Waals surface area contributed by atoms with Crippen LogP contribution in [0.25, 0.3) is 0 Å². The highest BCUT2D eigenvalue weighted by Crippen LogP contribution is 2.43. The van der Waals surface area contributed by atoms with E-state index in [1.165, 1.54) is 7.11 Å². The van der Waals surface area contributed by atoms with Crippen LogP contribution in [0.15, 0.2) is 0 Å². The molecule has 0 radical (unpaired) electrons. The second kappa shape index (κ2) is 7.90. The molecule has 1 N–H and O–H groups in total. The lowest BCUT2D eigenvalue weighted by molar-refractivity contribution is -0.210. The molecule has 10 heteroatoms. The molecule has 3 heterocycles. The van der Waals surface area contributed by atoms with Gasteiger partial charge >= 0.3 is 12.1 Å². The molecule has 0 unspecified atom stereocenters. The quantitative estimate of drug-likeness (QED) is 0.662. The van der Waals surface area contributed by atoms with Crippen LogP contribution < -0.4 is 5.32 Å². The smallest absolute Gasteiger partial charge is 0.408 e. The predicted molar refractivity (Wildman–Crippen MR) is 103 cm³/mol. The molecule has 30 heavy (non-hydrogen) atoms. The minimum absolute atomic E-state index is 0.305. The van der Waals surface area contributed by atoms with Crippen LogP contribution in [-0.4, -0.2) is 79.5 Å². The molecule has 3 saturated heterocycles. The van der Waals surface area contributed by atoms with Crippen molar-refractivity contribution in [3.8, 4) is 0 Å². The maximum Gasteiger partial charge on any atom is 0.408 e. The van der Waals surface area contributed by atoms with Crippen LogP contribution in [0.1, 0.15) is 48.5 Å². The fourth-order valence-electron chi connectivity index (χ4n) is 3.94. The number of hydrogen-bond donors (Lipinski definition) is 1. The third-order valence-corrected chi connectivity index (χ3v) is 4.98. The fraction of sp³-hybridized carbons (Fsp3) is 0.900. The Kier molecular flexibility index (Phi) is 6.11. The van der Waals surface area contributed by atoms with E-state index in [-0.39, 0.29) is 0 Å². The number of esters is 1. The molecule has 0 bridgehead atoms. The molecule has 0 aliphatic carbocycles. The maximum atomic E-state index is 12.6. The number of hydrogen-bond acceptors (Lipinski definition) is 9. The summed E-state index contributed by atoms with van der Waals surface area (Å²) in [5, 5.41) is 2.57. The summed E-state index contributed by atoms with van der Waals surface area (Å²) in [4.78, 5) is 24.9. The van der Waals surface area contributed by atoms with Crippen molar-refractivity contribution in [3.05, 3.63) is 0 Å². The molecule has 3 aliphatic rings. The zero-order chi connectivity index (χ0) is 22.5. The highest BCUT2D eigenvalue weighted by molar-refractivity contribution is 5.82. The van der Waals surface area contributed by atoms with Gasteiger partial charge in [0.1, 0.15) is 36.1 Å². The lowest BCUT2D eigenvalue weighted by atomic mass is 10.0. The van der Waals surface area contributed by atoms with Gasteiger partial charge in [0.2, 0.25) is 0 Å². The minimum atomic E-state index is -1.16. The number of methoxy groups -OCH3 is 1. The normalized spacial score (nSPS) is 35.5. The Hall–Kier alpha value is -1.46. The van der Waals surface area contributed by atoms with Crippen molar-refractivity contribution in [3.63, 3.8) is 0 Å². The van der Waals surface area contributed by atoms with Crippen molar-refractivity contribution in [2.75, 3.05) is 13.7 Å². The van der Waals surface area contributed by atoms with Crippen molar-refractivity contribution in [2.24, 2.45) is 0 Å². The van der Waals surface area contributed by atoms with Gasteiger partial charge in [0.05, 0.1) is 13.7 Å². The molecule has 10 nitrogen and oxygen atoms in total. The summed E-state index contributed by atoms with van der Waals surface area (Å²) in [6.45, 7) is 12.7. The van der Waals surface area contributed by atoms with Gasteiger partial charge in [-0.3, -0.25) is 0 Å². The summed E-state index contributed by atoms with van der Waals surface area (Å²) in [5.74, 6) is -2.33. The van der Waals surface area contributed by atoms with Crippen LogP contribution in [0.2, 0.25) is 0 Å². The van der Waals surface area contributed by atoms with Crippen molar-refractivity contribution in [1.82, 2.24) is 5.32 Å². The molecule has 0 aromatic rings. The molecule has 0 saturated carbocycles. The number of alkyl carbamates (subject to hydrolysis) is 1. The molecular weight excluding hydrogens is 398 g/mol. The average molecular weight is 431 g/mol. The van der Waals surface area contributed by atoms with Crippen molar-refractivity contribution in [1.29, 1.82) is 0 Å². The molecule has 0 aromatic carbocycles. The number of fused-ring (bicyclic) bond motifs is 1. The minimum Gasteiger partial charge on any atom is -0.467 e. The number of amides is 1. The molecule has 172 valence electrons. The third kappa shape index (κ3) is 5.05. The Morgan fingerprint density at radius 3 is 2.17 bits per heavy atom. The first-order valence-electron chi connectivity index (χ1n) is 10.1. The monoisotopic (exact) mass is 431 g/mol. The van der Waals surface area contributed by atoms with Gasteiger partial charge in [0.25, 0.3) is 0 Å². The Balaban J connectivity index is 1.83. The van der Waals surface area contributed by atoms with E-state index < -0.39 is 65.8 Å². The summed E-state index contributed by atoms with van der Waals surface area (Å²) in [6.07, 6.45) is -3.75. The molecule has 6 atom stereocenters. The van der Waals surface area contributed by atoms with Crippen LogP contribution >= 0.6 is 0 Å². The Morgan fingerprint density at radius 2 is 1.63 bits per heavy atom. The number of carbonyl (C=O) groups excluding carboxylic acids is 2. The maximum absolute atomic E-state index is 12.6. The molecule has 0 aromatic heterocycles.